The van der Waals surface area contributed by atoms with E-state index in [1.807, 2.05) is 0 Å². The summed E-state index contributed by atoms with van der Waals surface area (Å²) in [5, 5.41) is 3.04. The average molecular weight is 180 g/mol. The third-order valence-electron chi connectivity index (χ3n) is 1.17. The summed E-state index contributed by atoms with van der Waals surface area (Å²) in [6.45, 7) is 3.84. The molecule has 0 amide bonds. The predicted molar refractivity (Wildman–Crippen MR) is 42.6 cm³/mol. The van der Waals surface area contributed by atoms with Crippen molar-refractivity contribution in [2.24, 2.45) is 0 Å². The molecule has 0 aromatic rings. The van der Waals surface area contributed by atoms with Crippen LogP contribution < -0.4 is 5.32 Å². The van der Waals surface area contributed by atoms with Gasteiger partial charge < -0.3 is 9.87 Å². The van der Waals surface area contributed by atoms with Crippen molar-refractivity contribution in [1.29, 1.82) is 0 Å². The van der Waals surface area contributed by atoms with Crippen LogP contribution in [-0.4, -0.2) is 28.5 Å². The molecule has 0 aliphatic carbocycles. The van der Waals surface area contributed by atoms with Crippen LogP contribution >= 0.6 is 0 Å². The standard InChI is InChI=1S/C6H15NO3S/c1-2-3-4-7-5-6-10-11(8)9/h7H,2-6H2,1H3,(H,8,9)/p-1. The maximum absolute atomic E-state index is 9.84. The van der Waals surface area contributed by atoms with Crippen LogP contribution in [0.15, 0.2) is 0 Å². The number of nitrogens with one attached hydrogen (secondary N) is 1. The van der Waals surface area contributed by atoms with Gasteiger partial charge in [-0.15, -0.1) is 0 Å². The Morgan fingerprint density at radius 1 is 1.55 bits per heavy atom. The fraction of sp³-hybridized carbons (Fsp3) is 1.00. The maximum Gasteiger partial charge on any atom is 0.0842 e. The highest BCUT2D eigenvalue weighted by atomic mass is 32.2. The highest BCUT2D eigenvalue weighted by molar-refractivity contribution is 7.74. The Labute approximate surface area is 69.8 Å². The molecule has 11 heavy (non-hydrogen) atoms. The van der Waals surface area contributed by atoms with Gasteiger partial charge in [0.05, 0.1) is 18.0 Å². The molecule has 0 aliphatic heterocycles. The number of hydrogen-bond donors (Lipinski definition) is 1. The molecule has 0 saturated heterocycles. The maximum atomic E-state index is 9.84. The Hall–Kier alpha value is 0.0300. The van der Waals surface area contributed by atoms with Gasteiger partial charge >= 0.3 is 0 Å². The van der Waals surface area contributed by atoms with E-state index in [9.17, 15) is 8.76 Å². The van der Waals surface area contributed by atoms with Gasteiger partial charge in [-0.1, -0.05) is 13.3 Å². The topological polar surface area (TPSA) is 61.4 Å². The van der Waals surface area contributed by atoms with Crippen LogP contribution in [0.25, 0.3) is 0 Å². The van der Waals surface area contributed by atoms with Gasteiger partial charge in [0.1, 0.15) is 0 Å². The summed E-state index contributed by atoms with van der Waals surface area (Å²) in [4.78, 5) is 0. The number of hydrogen-bond acceptors (Lipinski definition) is 4. The Morgan fingerprint density at radius 3 is 2.82 bits per heavy atom. The van der Waals surface area contributed by atoms with Gasteiger partial charge in [-0.3, -0.25) is 4.18 Å². The summed E-state index contributed by atoms with van der Waals surface area (Å²) in [6.07, 6.45) is 2.25. The summed E-state index contributed by atoms with van der Waals surface area (Å²) in [7, 11) is 0. The van der Waals surface area contributed by atoms with Gasteiger partial charge in [0.25, 0.3) is 0 Å². The predicted octanol–water partition coefficient (Wildman–Crippen LogP) is 0.187. The van der Waals surface area contributed by atoms with E-state index in [2.05, 4.69) is 16.4 Å². The first-order valence-corrected chi connectivity index (χ1v) is 4.70. The smallest absolute Gasteiger partial charge is 0.0842 e. The molecular formula is C6H14NO3S-. The molecule has 0 radical (unpaired) electrons. The van der Waals surface area contributed by atoms with Crippen molar-refractivity contribution in [1.82, 2.24) is 5.32 Å². The van der Waals surface area contributed by atoms with Crippen LogP contribution in [-0.2, 0) is 15.5 Å². The lowest BCUT2D eigenvalue weighted by Crippen LogP contribution is -2.21. The van der Waals surface area contributed by atoms with Crippen molar-refractivity contribution in [2.75, 3.05) is 19.7 Å². The van der Waals surface area contributed by atoms with Gasteiger partial charge in [0.15, 0.2) is 0 Å². The first-order chi connectivity index (χ1) is 5.27. The lowest BCUT2D eigenvalue weighted by atomic mass is 10.3. The summed E-state index contributed by atoms with van der Waals surface area (Å²) in [6, 6.07) is 0. The van der Waals surface area contributed by atoms with Crippen LogP contribution in [0, 0.1) is 0 Å². The third-order valence-corrected chi connectivity index (χ3v) is 1.52. The second-order valence-corrected chi connectivity index (χ2v) is 2.77. The van der Waals surface area contributed by atoms with Crippen LogP contribution in [0.5, 0.6) is 0 Å². The Kier molecular flexibility index (Phi) is 8.15. The summed E-state index contributed by atoms with van der Waals surface area (Å²) >= 11 is -2.36. The molecule has 0 rings (SSSR count). The normalized spacial score (nSPS) is 13.3. The zero-order valence-corrected chi connectivity index (χ0v) is 7.49. The average Bonchev–Trinajstić information content (AvgIpc) is 1.96. The van der Waals surface area contributed by atoms with Crippen molar-refractivity contribution >= 4 is 11.4 Å². The van der Waals surface area contributed by atoms with E-state index >= 15 is 0 Å². The third kappa shape index (κ3) is 10.0. The van der Waals surface area contributed by atoms with E-state index in [-0.39, 0.29) is 6.61 Å². The molecule has 1 unspecified atom stereocenters. The lowest BCUT2D eigenvalue weighted by Gasteiger charge is -2.05. The minimum absolute atomic E-state index is 0.222. The minimum atomic E-state index is -2.36. The first-order valence-electron chi connectivity index (χ1n) is 3.70. The SMILES string of the molecule is CCCCNCCOS(=O)[O-]. The molecule has 0 fully saturated rings. The molecule has 0 saturated carbocycles. The van der Waals surface area contributed by atoms with Crippen molar-refractivity contribution in [2.45, 2.75) is 19.8 Å². The molecule has 0 heterocycles. The van der Waals surface area contributed by atoms with Crippen molar-refractivity contribution in [3.63, 3.8) is 0 Å². The second kappa shape index (κ2) is 8.13. The summed E-state index contributed by atoms with van der Waals surface area (Å²) < 4.78 is 24.0. The molecule has 0 aliphatic rings. The molecule has 0 spiro atoms. The number of unbranched alkanes of at least 4 members (excludes halogenated alkanes) is 1. The Bertz CT molecular complexity index is 110. The fourth-order valence-corrected chi connectivity index (χ4v) is 0.828. The highest BCUT2D eigenvalue weighted by Gasteiger charge is 1.86. The monoisotopic (exact) mass is 180 g/mol. The van der Waals surface area contributed by atoms with Crippen LogP contribution in [0.4, 0.5) is 0 Å². The van der Waals surface area contributed by atoms with Crippen LogP contribution in [0.3, 0.4) is 0 Å². The lowest BCUT2D eigenvalue weighted by molar-refractivity contribution is 0.298. The molecule has 4 nitrogen and oxygen atoms in total. The number of rotatable bonds is 7. The van der Waals surface area contributed by atoms with E-state index in [1.165, 1.54) is 0 Å². The van der Waals surface area contributed by atoms with Crippen molar-refractivity contribution in [3.05, 3.63) is 0 Å². The van der Waals surface area contributed by atoms with E-state index in [0.29, 0.717) is 6.54 Å². The molecule has 1 atom stereocenters. The van der Waals surface area contributed by atoms with E-state index in [4.69, 9.17) is 0 Å². The zero-order chi connectivity index (χ0) is 8.53. The zero-order valence-electron chi connectivity index (χ0n) is 6.67. The van der Waals surface area contributed by atoms with Gasteiger partial charge in [0.2, 0.25) is 0 Å². The Morgan fingerprint density at radius 2 is 2.27 bits per heavy atom. The minimum Gasteiger partial charge on any atom is -0.750 e. The molecule has 5 heteroatoms. The molecule has 0 bridgehead atoms. The van der Waals surface area contributed by atoms with Gasteiger partial charge in [-0.2, -0.15) is 0 Å². The summed E-state index contributed by atoms with van der Waals surface area (Å²) in [5.41, 5.74) is 0. The van der Waals surface area contributed by atoms with Crippen molar-refractivity contribution < 1.29 is 12.9 Å². The van der Waals surface area contributed by atoms with E-state index in [1.54, 1.807) is 0 Å². The largest absolute Gasteiger partial charge is 0.750 e. The van der Waals surface area contributed by atoms with Crippen LogP contribution in [0.2, 0.25) is 0 Å². The van der Waals surface area contributed by atoms with Gasteiger partial charge in [-0.25, -0.2) is 4.21 Å². The first kappa shape index (κ1) is 11.0. The van der Waals surface area contributed by atoms with E-state index in [0.717, 1.165) is 19.4 Å². The fourth-order valence-electron chi connectivity index (χ4n) is 0.609. The van der Waals surface area contributed by atoms with Gasteiger partial charge in [0, 0.05) is 6.54 Å². The highest BCUT2D eigenvalue weighted by Crippen LogP contribution is 1.82. The molecule has 68 valence electrons. The molecule has 0 aromatic carbocycles. The van der Waals surface area contributed by atoms with Crippen molar-refractivity contribution in [3.8, 4) is 0 Å². The second-order valence-electron chi connectivity index (χ2n) is 2.13. The Balaban J connectivity index is 2.85. The molecule has 0 aromatic heterocycles. The van der Waals surface area contributed by atoms with Crippen LogP contribution in [0.1, 0.15) is 19.8 Å². The molecule has 1 N–H and O–H groups in total. The van der Waals surface area contributed by atoms with Gasteiger partial charge in [-0.05, 0) is 13.0 Å². The van der Waals surface area contributed by atoms with E-state index < -0.39 is 11.4 Å². The quantitative estimate of drug-likeness (QED) is 0.448. The summed E-state index contributed by atoms with van der Waals surface area (Å²) in [5.74, 6) is 0. The molecular weight excluding hydrogens is 166 g/mol.